The van der Waals surface area contributed by atoms with Gasteiger partial charge in [0.05, 0.1) is 12.2 Å². The molecule has 0 atom stereocenters. The number of aryl methyl sites for hydroxylation is 1. The summed E-state index contributed by atoms with van der Waals surface area (Å²) in [5.41, 5.74) is 1.54. The van der Waals surface area contributed by atoms with Crippen molar-refractivity contribution in [3.05, 3.63) is 53.8 Å². The molecule has 2 aromatic carbocycles. The van der Waals surface area contributed by atoms with Crippen molar-refractivity contribution in [2.75, 3.05) is 30.8 Å². The Bertz CT molecular complexity index is 778. The molecule has 0 saturated heterocycles. The molecule has 6 nitrogen and oxygen atoms in total. The summed E-state index contributed by atoms with van der Waals surface area (Å²) in [6.45, 7) is 3.99. The van der Waals surface area contributed by atoms with Crippen LogP contribution in [0.25, 0.3) is 0 Å². The second-order valence-corrected chi connectivity index (χ2v) is 5.89. The van der Waals surface area contributed by atoms with Crippen molar-refractivity contribution in [3.63, 3.8) is 0 Å². The van der Waals surface area contributed by atoms with Gasteiger partial charge in [0.1, 0.15) is 18.2 Å². The first-order valence-corrected chi connectivity index (χ1v) is 8.14. The van der Waals surface area contributed by atoms with E-state index in [1.807, 2.05) is 31.2 Å². The Balaban J connectivity index is 1.86. The van der Waals surface area contributed by atoms with Crippen LogP contribution in [0.2, 0.25) is 0 Å². The molecule has 3 amide bonds. The molecular weight excluding hydrogens is 337 g/mol. The Hall–Kier alpha value is -3.09. The Morgan fingerprint density at radius 3 is 2.46 bits per heavy atom. The molecule has 0 aliphatic rings. The van der Waals surface area contributed by atoms with Gasteiger partial charge in [0.15, 0.2) is 0 Å². The minimum atomic E-state index is -0.571. The Morgan fingerprint density at radius 1 is 1.12 bits per heavy atom. The van der Waals surface area contributed by atoms with Crippen molar-refractivity contribution in [1.29, 1.82) is 0 Å². The van der Waals surface area contributed by atoms with Gasteiger partial charge in [-0.25, -0.2) is 9.18 Å². The van der Waals surface area contributed by atoms with Gasteiger partial charge in [-0.15, -0.1) is 0 Å². The van der Waals surface area contributed by atoms with E-state index in [2.05, 4.69) is 10.6 Å². The molecule has 0 saturated carbocycles. The summed E-state index contributed by atoms with van der Waals surface area (Å²) in [5.74, 6) is -0.223. The lowest BCUT2D eigenvalue weighted by Crippen LogP contribution is -2.34. The summed E-state index contributed by atoms with van der Waals surface area (Å²) in [6.07, 6.45) is 0. The summed E-state index contributed by atoms with van der Waals surface area (Å²) < 4.78 is 19.2. The number of anilines is 2. The molecule has 7 heteroatoms. The average molecular weight is 359 g/mol. The van der Waals surface area contributed by atoms with Crippen LogP contribution in [0.5, 0.6) is 5.75 Å². The van der Waals surface area contributed by atoms with Crippen LogP contribution in [0.3, 0.4) is 0 Å². The zero-order valence-corrected chi connectivity index (χ0v) is 15.0. The second-order valence-electron chi connectivity index (χ2n) is 5.89. The highest BCUT2D eigenvalue weighted by molar-refractivity contribution is 5.92. The summed E-state index contributed by atoms with van der Waals surface area (Å²) in [6, 6.07) is 11.3. The fourth-order valence-electron chi connectivity index (χ4n) is 2.14. The van der Waals surface area contributed by atoms with E-state index >= 15 is 0 Å². The summed E-state index contributed by atoms with van der Waals surface area (Å²) in [5, 5.41) is 5.03. The topological polar surface area (TPSA) is 70.7 Å². The molecule has 2 rings (SSSR count). The predicted octanol–water partition coefficient (Wildman–Crippen LogP) is 3.64. The lowest BCUT2D eigenvalue weighted by atomic mass is 10.2. The van der Waals surface area contributed by atoms with Crippen molar-refractivity contribution >= 4 is 23.3 Å². The molecule has 138 valence electrons. The third-order valence-corrected chi connectivity index (χ3v) is 3.59. The van der Waals surface area contributed by atoms with Gasteiger partial charge in [-0.05, 0) is 37.3 Å². The molecule has 0 aliphatic carbocycles. The van der Waals surface area contributed by atoms with Crippen LogP contribution in [-0.4, -0.2) is 37.0 Å². The average Bonchev–Trinajstić information content (AvgIpc) is 2.59. The van der Waals surface area contributed by atoms with Gasteiger partial charge in [-0.2, -0.15) is 0 Å². The number of likely N-dealkylation sites (N-methyl/N-ethyl adjacent to an activating group) is 1. The minimum absolute atomic E-state index is 0.0145. The van der Waals surface area contributed by atoms with Crippen molar-refractivity contribution < 1.29 is 18.7 Å². The number of rotatable bonds is 6. The number of carbonyl (C=O) groups excluding carboxylic acids is 2. The molecule has 0 aliphatic heterocycles. The molecule has 0 spiro atoms. The Kier molecular flexibility index (Phi) is 6.54. The van der Waals surface area contributed by atoms with E-state index in [9.17, 15) is 14.0 Å². The molecule has 0 unspecified atom stereocenters. The lowest BCUT2D eigenvalue weighted by Gasteiger charge is -2.18. The first-order valence-electron chi connectivity index (χ1n) is 8.14. The predicted molar refractivity (Wildman–Crippen MR) is 99.0 cm³/mol. The van der Waals surface area contributed by atoms with Crippen molar-refractivity contribution in [1.82, 2.24) is 4.90 Å². The zero-order chi connectivity index (χ0) is 19.1. The van der Waals surface area contributed by atoms with Crippen LogP contribution < -0.4 is 15.4 Å². The maximum atomic E-state index is 13.6. The fourth-order valence-corrected chi connectivity index (χ4v) is 2.14. The number of halogens is 1. The summed E-state index contributed by atoms with van der Waals surface area (Å²) >= 11 is 0. The smallest absolute Gasteiger partial charge is 0.321 e. The number of amides is 3. The number of nitrogens with one attached hydrogen (secondary N) is 2. The van der Waals surface area contributed by atoms with Crippen molar-refractivity contribution in [3.8, 4) is 5.75 Å². The third kappa shape index (κ3) is 5.77. The second kappa shape index (κ2) is 8.84. The van der Waals surface area contributed by atoms with E-state index < -0.39 is 11.7 Å². The number of nitrogens with zero attached hydrogens (tertiary/aromatic N) is 1. The fraction of sp³-hybridized carbons (Fsp3) is 0.263. The molecule has 0 bridgehead atoms. The quantitative estimate of drug-likeness (QED) is 0.827. The van der Waals surface area contributed by atoms with Gasteiger partial charge in [-0.1, -0.05) is 17.7 Å². The molecule has 2 aromatic rings. The third-order valence-electron chi connectivity index (χ3n) is 3.59. The normalized spacial score (nSPS) is 10.2. The summed E-state index contributed by atoms with van der Waals surface area (Å²) in [4.78, 5) is 24.7. The van der Waals surface area contributed by atoms with Crippen molar-refractivity contribution in [2.45, 2.75) is 13.8 Å². The molecule has 0 heterocycles. The maximum Gasteiger partial charge on any atom is 0.321 e. The van der Waals surface area contributed by atoms with Crippen LogP contribution in [0.4, 0.5) is 20.6 Å². The lowest BCUT2D eigenvalue weighted by molar-refractivity contribution is -0.114. The zero-order valence-electron chi connectivity index (χ0n) is 15.0. The van der Waals surface area contributed by atoms with E-state index in [4.69, 9.17) is 4.74 Å². The van der Waals surface area contributed by atoms with Crippen LogP contribution >= 0.6 is 0 Å². The number of ether oxygens (including phenoxy) is 1. The molecular formula is C19H22FN3O3. The van der Waals surface area contributed by atoms with Crippen molar-refractivity contribution in [2.24, 2.45) is 0 Å². The number of urea groups is 1. The Labute approximate surface area is 152 Å². The van der Waals surface area contributed by atoms with Gasteiger partial charge < -0.3 is 20.3 Å². The molecule has 2 N–H and O–H groups in total. The van der Waals surface area contributed by atoms with E-state index in [0.29, 0.717) is 18.8 Å². The molecule has 0 aromatic heterocycles. The largest absolute Gasteiger partial charge is 0.492 e. The minimum Gasteiger partial charge on any atom is -0.492 e. The number of carbonyl (C=O) groups is 2. The summed E-state index contributed by atoms with van der Waals surface area (Å²) in [7, 11) is 1.63. The molecule has 0 radical (unpaired) electrons. The van der Waals surface area contributed by atoms with Crippen LogP contribution in [-0.2, 0) is 4.79 Å². The highest BCUT2D eigenvalue weighted by atomic mass is 19.1. The van der Waals surface area contributed by atoms with Gasteiger partial charge in [0.25, 0.3) is 0 Å². The van der Waals surface area contributed by atoms with E-state index in [1.54, 1.807) is 7.05 Å². The SMILES string of the molecule is CC(=O)Nc1cc(NC(=O)N(C)CCOc2ccc(C)cc2)ccc1F. The molecule has 26 heavy (non-hydrogen) atoms. The number of benzene rings is 2. The van der Waals surface area contributed by atoms with Crippen LogP contribution in [0.15, 0.2) is 42.5 Å². The van der Waals surface area contributed by atoms with Gasteiger partial charge in [0.2, 0.25) is 5.91 Å². The van der Waals surface area contributed by atoms with Gasteiger partial charge in [0, 0.05) is 19.7 Å². The van der Waals surface area contributed by atoms with Gasteiger partial charge >= 0.3 is 6.03 Å². The number of hydrogen-bond donors (Lipinski definition) is 2. The first-order chi connectivity index (χ1) is 12.3. The standard InChI is InChI=1S/C19H22FN3O3/c1-13-4-7-16(8-5-13)26-11-10-23(3)19(25)22-15-6-9-17(20)18(12-15)21-14(2)24/h4-9,12H,10-11H2,1-3H3,(H,21,24)(H,22,25). The van der Waals surface area contributed by atoms with Gasteiger partial charge in [-0.3, -0.25) is 4.79 Å². The van der Waals surface area contributed by atoms with E-state index in [-0.39, 0.29) is 11.7 Å². The monoisotopic (exact) mass is 359 g/mol. The molecule has 0 fully saturated rings. The van der Waals surface area contributed by atoms with Crippen LogP contribution in [0, 0.1) is 12.7 Å². The maximum absolute atomic E-state index is 13.6. The Morgan fingerprint density at radius 2 is 1.81 bits per heavy atom. The number of hydrogen-bond acceptors (Lipinski definition) is 3. The first kappa shape index (κ1) is 19.2. The highest BCUT2D eigenvalue weighted by Gasteiger charge is 2.11. The van der Waals surface area contributed by atoms with E-state index in [0.717, 1.165) is 11.3 Å². The highest BCUT2D eigenvalue weighted by Crippen LogP contribution is 2.20. The van der Waals surface area contributed by atoms with Crippen LogP contribution in [0.1, 0.15) is 12.5 Å². The van der Waals surface area contributed by atoms with E-state index in [1.165, 1.54) is 30.0 Å².